The number of carbonyl (C=O) groups excluding carboxylic acids is 1. The van der Waals surface area contributed by atoms with Crippen LogP contribution in [0, 0.1) is 6.92 Å². The summed E-state index contributed by atoms with van der Waals surface area (Å²) in [5.41, 5.74) is 2.72. The zero-order valence-electron chi connectivity index (χ0n) is 16.4. The number of benzene rings is 1. The molecule has 1 amide bonds. The Balaban J connectivity index is 1.97. The highest BCUT2D eigenvalue weighted by Gasteiger charge is 2.24. The Morgan fingerprint density at radius 1 is 1.27 bits per heavy atom. The molecule has 1 atom stereocenters. The number of hydrogen-bond acceptors (Lipinski definition) is 4. The predicted octanol–water partition coefficient (Wildman–Crippen LogP) is 4.73. The molecule has 0 aliphatic carbocycles. The largest absolute Gasteiger partial charge is 0.444 e. The molecule has 0 radical (unpaired) electrons. The molecule has 1 N–H and O–H groups in total. The van der Waals surface area contributed by atoms with Crippen LogP contribution in [0.4, 0.5) is 10.6 Å². The predicted molar refractivity (Wildman–Crippen MR) is 106 cm³/mol. The van der Waals surface area contributed by atoms with Gasteiger partial charge in [-0.15, -0.1) is 0 Å². The number of amides is 1. The number of fused-ring (bicyclic) bond motifs is 1. The van der Waals surface area contributed by atoms with Crippen molar-refractivity contribution in [2.45, 2.75) is 59.1 Å². The van der Waals surface area contributed by atoms with Crippen LogP contribution in [0.2, 0.25) is 0 Å². The van der Waals surface area contributed by atoms with Crippen LogP contribution >= 0.6 is 0 Å². The fraction of sp³-hybridized carbons (Fsp3) is 0.524. The lowest BCUT2D eigenvalue weighted by molar-refractivity contribution is 0.0508. The van der Waals surface area contributed by atoms with Gasteiger partial charge in [0.2, 0.25) is 0 Å². The maximum atomic E-state index is 12.2. The second-order valence-electron chi connectivity index (χ2n) is 8.11. The van der Waals surface area contributed by atoms with Gasteiger partial charge in [0, 0.05) is 24.0 Å². The second kappa shape index (κ2) is 7.14. The summed E-state index contributed by atoms with van der Waals surface area (Å²) in [7, 11) is 0. The van der Waals surface area contributed by atoms with Gasteiger partial charge in [-0.05, 0) is 59.1 Å². The van der Waals surface area contributed by atoms with E-state index < -0.39 is 11.7 Å². The smallest absolute Gasteiger partial charge is 0.408 e. The molecule has 1 aliphatic heterocycles. The molecule has 0 saturated carbocycles. The maximum Gasteiger partial charge on any atom is 0.408 e. The number of carbonyl (C=O) groups is 1. The van der Waals surface area contributed by atoms with E-state index in [2.05, 4.69) is 35.3 Å². The summed E-state index contributed by atoms with van der Waals surface area (Å²) in [6, 6.07) is 8.19. The topological polar surface area (TPSA) is 54.5 Å². The van der Waals surface area contributed by atoms with Gasteiger partial charge in [-0.1, -0.05) is 18.2 Å². The van der Waals surface area contributed by atoms with Crippen LogP contribution in [-0.4, -0.2) is 29.8 Å². The number of anilines is 1. The van der Waals surface area contributed by atoms with E-state index in [-0.39, 0.29) is 6.04 Å². The van der Waals surface area contributed by atoms with Gasteiger partial charge in [0.05, 0.1) is 11.6 Å². The van der Waals surface area contributed by atoms with E-state index in [1.807, 2.05) is 33.8 Å². The fourth-order valence-corrected chi connectivity index (χ4v) is 3.42. The minimum atomic E-state index is -0.514. The van der Waals surface area contributed by atoms with Gasteiger partial charge in [-0.3, -0.25) is 0 Å². The van der Waals surface area contributed by atoms with Gasteiger partial charge in [-0.25, -0.2) is 9.78 Å². The number of rotatable bonds is 3. The molecule has 5 nitrogen and oxygen atoms in total. The summed E-state index contributed by atoms with van der Waals surface area (Å²) in [5.74, 6) is 0.979. The van der Waals surface area contributed by atoms with Crippen molar-refractivity contribution in [3.05, 3.63) is 35.4 Å². The van der Waals surface area contributed by atoms with Gasteiger partial charge in [0.25, 0.3) is 0 Å². The van der Waals surface area contributed by atoms with Gasteiger partial charge >= 0.3 is 6.09 Å². The summed E-state index contributed by atoms with van der Waals surface area (Å²) in [6.07, 6.45) is 1.96. The third-order valence-electron chi connectivity index (χ3n) is 4.66. The first-order chi connectivity index (χ1) is 12.2. The van der Waals surface area contributed by atoms with Gasteiger partial charge in [0.1, 0.15) is 11.4 Å². The van der Waals surface area contributed by atoms with Crippen LogP contribution in [0.5, 0.6) is 0 Å². The summed E-state index contributed by atoms with van der Waals surface area (Å²) in [6.45, 7) is 11.7. The van der Waals surface area contributed by atoms with Gasteiger partial charge in [0.15, 0.2) is 0 Å². The third kappa shape index (κ3) is 4.09. The van der Waals surface area contributed by atoms with E-state index in [0.29, 0.717) is 0 Å². The van der Waals surface area contributed by atoms with E-state index in [9.17, 15) is 4.79 Å². The van der Waals surface area contributed by atoms with Crippen molar-refractivity contribution >= 4 is 22.8 Å². The zero-order chi connectivity index (χ0) is 18.9. The molecule has 5 heteroatoms. The molecule has 2 heterocycles. The quantitative estimate of drug-likeness (QED) is 0.865. The summed E-state index contributed by atoms with van der Waals surface area (Å²) in [5, 5.41) is 4.07. The van der Waals surface area contributed by atoms with Crippen molar-refractivity contribution in [1.82, 2.24) is 10.3 Å². The van der Waals surface area contributed by atoms with Crippen molar-refractivity contribution in [2.24, 2.45) is 0 Å². The molecular formula is C21H29N3O2. The highest BCUT2D eigenvalue weighted by molar-refractivity contribution is 5.85. The molecule has 1 saturated heterocycles. The zero-order valence-corrected chi connectivity index (χ0v) is 16.4. The number of pyridine rings is 1. The number of nitrogens with zero attached hydrogens (tertiary/aromatic N) is 2. The first kappa shape index (κ1) is 18.5. The van der Waals surface area contributed by atoms with Crippen LogP contribution in [0.15, 0.2) is 24.3 Å². The fourth-order valence-electron chi connectivity index (χ4n) is 3.42. The van der Waals surface area contributed by atoms with E-state index >= 15 is 0 Å². The molecule has 1 aromatic carbocycles. The first-order valence-electron chi connectivity index (χ1n) is 9.39. The van der Waals surface area contributed by atoms with Crippen molar-refractivity contribution in [3.8, 4) is 0 Å². The molecule has 140 valence electrons. The Bertz CT molecular complexity index is 805. The summed E-state index contributed by atoms with van der Waals surface area (Å²) < 4.78 is 5.42. The van der Waals surface area contributed by atoms with E-state index in [1.54, 1.807) is 0 Å². The van der Waals surface area contributed by atoms with Crippen molar-refractivity contribution in [3.63, 3.8) is 0 Å². The minimum absolute atomic E-state index is 0.183. The Kier molecular flexibility index (Phi) is 5.08. The second-order valence-corrected chi connectivity index (χ2v) is 8.11. The Morgan fingerprint density at radius 2 is 1.96 bits per heavy atom. The van der Waals surface area contributed by atoms with E-state index in [4.69, 9.17) is 9.72 Å². The van der Waals surface area contributed by atoms with Crippen LogP contribution < -0.4 is 10.2 Å². The molecule has 1 fully saturated rings. The normalized spacial score (nSPS) is 16.0. The Morgan fingerprint density at radius 3 is 2.62 bits per heavy atom. The Labute approximate surface area is 155 Å². The van der Waals surface area contributed by atoms with Gasteiger partial charge < -0.3 is 15.0 Å². The number of aryl methyl sites for hydroxylation is 1. The van der Waals surface area contributed by atoms with Crippen LogP contribution in [-0.2, 0) is 4.74 Å². The highest BCUT2D eigenvalue weighted by atomic mass is 16.6. The molecule has 1 aliphatic rings. The molecule has 26 heavy (non-hydrogen) atoms. The number of para-hydroxylation sites is 1. The lowest BCUT2D eigenvalue weighted by Crippen LogP contribution is -2.34. The highest BCUT2D eigenvalue weighted by Crippen LogP contribution is 2.31. The summed E-state index contributed by atoms with van der Waals surface area (Å²) in [4.78, 5) is 19.5. The lowest BCUT2D eigenvalue weighted by atomic mass is 10.0. The van der Waals surface area contributed by atoms with Crippen molar-refractivity contribution < 1.29 is 9.53 Å². The minimum Gasteiger partial charge on any atom is -0.444 e. The maximum absolute atomic E-state index is 12.2. The van der Waals surface area contributed by atoms with Crippen molar-refractivity contribution in [2.75, 3.05) is 18.0 Å². The standard InChI is InChI=1S/C21H29N3O2/c1-14-9-8-10-16-13-17(15(2)22-20(25)26-21(3,4)5)19(23-18(14)16)24-11-6-7-12-24/h8-10,13,15H,6-7,11-12H2,1-5H3,(H,22,25)/t15-/m0/s1. The lowest BCUT2D eigenvalue weighted by Gasteiger charge is -2.26. The molecule has 2 aromatic rings. The van der Waals surface area contributed by atoms with Crippen molar-refractivity contribution in [1.29, 1.82) is 0 Å². The molecule has 0 spiro atoms. The third-order valence-corrected chi connectivity index (χ3v) is 4.66. The number of hydrogen-bond donors (Lipinski definition) is 1. The first-order valence-corrected chi connectivity index (χ1v) is 9.39. The van der Waals surface area contributed by atoms with Crippen LogP contribution in [0.25, 0.3) is 10.9 Å². The average Bonchev–Trinajstić information content (AvgIpc) is 3.06. The molecule has 0 bridgehead atoms. The SMILES string of the molecule is Cc1cccc2cc([C@H](C)NC(=O)OC(C)(C)C)c(N3CCCC3)nc12. The number of aromatic nitrogens is 1. The number of alkyl carbamates (subject to hydrolysis) is 1. The molecule has 3 rings (SSSR count). The molecule has 0 unspecified atom stereocenters. The molecular weight excluding hydrogens is 326 g/mol. The monoisotopic (exact) mass is 355 g/mol. The van der Waals surface area contributed by atoms with Crippen LogP contribution in [0.3, 0.4) is 0 Å². The number of nitrogens with one attached hydrogen (secondary N) is 1. The Hall–Kier alpha value is -2.30. The van der Waals surface area contributed by atoms with Crippen LogP contribution in [0.1, 0.15) is 57.7 Å². The van der Waals surface area contributed by atoms with E-state index in [1.165, 1.54) is 18.4 Å². The van der Waals surface area contributed by atoms with Gasteiger partial charge in [-0.2, -0.15) is 0 Å². The average molecular weight is 355 g/mol. The van der Waals surface area contributed by atoms with E-state index in [0.717, 1.165) is 35.4 Å². The number of ether oxygens (including phenoxy) is 1. The summed E-state index contributed by atoms with van der Waals surface area (Å²) >= 11 is 0. The molecule has 1 aromatic heterocycles.